The molecule has 1 saturated carbocycles. The van der Waals surface area contributed by atoms with Gasteiger partial charge in [-0.25, -0.2) is 0 Å². The quantitative estimate of drug-likeness (QED) is 0.548. The highest BCUT2D eigenvalue weighted by atomic mass is 19.4. The average molecular weight is 338 g/mol. The van der Waals surface area contributed by atoms with Crippen LogP contribution in [0.4, 0.5) is 26.3 Å². The Kier molecular flexibility index (Phi) is 5.63. The molecule has 0 nitrogen and oxygen atoms in total. The fourth-order valence-corrected chi connectivity index (χ4v) is 3.28. The summed E-state index contributed by atoms with van der Waals surface area (Å²) in [5.74, 6) is -4.14. The predicted octanol–water partition coefficient (Wildman–Crippen LogP) is 6.36. The first-order valence-corrected chi connectivity index (χ1v) is 7.86. The molecule has 0 bridgehead atoms. The first-order chi connectivity index (χ1) is 10.8. The number of halogens is 6. The fourth-order valence-electron chi connectivity index (χ4n) is 3.28. The van der Waals surface area contributed by atoms with Crippen LogP contribution in [0.1, 0.15) is 55.6 Å². The Morgan fingerprint density at radius 3 is 1.91 bits per heavy atom. The highest BCUT2D eigenvalue weighted by molar-refractivity contribution is 5.29. The Balaban J connectivity index is 1.99. The van der Waals surface area contributed by atoms with Gasteiger partial charge in [0.15, 0.2) is 0 Å². The summed E-state index contributed by atoms with van der Waals surface area (Å²) >= 11 is 0. The third-order valence-electron chi connectivity index (χ3n) is 4.69. The minimum absolute atomic E-state index is 0.185. The third kappa shape index (κ3) is 4.21. The maximum Gasteiger partial charge on any atom is 0.458 e. The summed E-state index contributed by atoms with van der Waals surface area (Å²) in [6.07, 6.45) is -0.520. The molecule has 0 amide bonds. The van der Waals surface area contributed by atoms with Gasteiger partial charge in [0.05, 0.1) is 6.67 Å². The molecule has 1 fully saturated rings. The second-order valence-electron chi connectivity index (χ2n) is 6.24. The number of hydrogen-bond donors (Lipinski definition) is 0. The van der Waals surface area contributed by atoms with Crippen LogP contribution in [0.3, 0.4) is 0 Å². The minimum Gasteiger partial charge on any atom is -0.251 e. The Labute approximate surface area is 131 Å². The molecule has 0 heterocycles. The van der Waals surface area contributed by atoms with Gasteiger partial charge in [-0.05, 0) is 55.9 Å². The number of benzene rings is 1. The summed E-state index contributed by atoms with van der Waals surface area (Å²) in [6.45, 7) is -0.311. The summed E-state index contributed by atoms with van der Waals surface area (Å²) in [5.41, 5.74) is -0.221. The van der Waals surface area contributed by atoms with E-state index in [0.29, 0.717) is 12.3 Å². The van der Waals surface area contributed by atoms with Gasteiger partial charge in [-0.2, -0.15) is 22.0 Å². The summed E-state index contributed by atoms with van der Waals surface area (Å²) in [5, 5.41) is 0. The highest BCUT2D eigenvalue weighted by Gasteiger charge is 2.58. The molecule has 0 saturated heterocycles. The molecule has 23 heavy (non-hydrogen) atoms. The van der Waals surface area contributed by atoms with Gasteiger partial charge in [0.25, 0.3) is 0 Å². The van der Waals surface area contributed by atoms with Gasteiger partial charge in [-0.3, -0.25) is 4.39 Å². The third-order valence-corrected chi connectivity index (χ3v) is 4.69. The normalized spacial score (nSPS) is 23.0. The van der Waals surface area contributed by atoms with Crippen molar-refractivity contribution in [2.75, 3.05) is 6.67 Å². The van der Waals surface area contributed by atoms with E-state index in [2.05, 4.69) is 0 Å². The second kappa shape index (κ2) is 7.14. The SMILES string of the molecule is FCCCC1CCC(c2ccc(C(F)(F)C(F)(F)F)cc2)CC1. The monoisotopic (exact) mass is 338 g/mol. The van der Waals surface area contributed by atoms with Crippen molar-refractivity contribution in [3.63, 3.8) is 0 Å². The molecule has 1 aromatic rings. The summed E-state index contributed by atoms with van der Waals surface area (Å²) < 4.78 is 75.7. The van der Waals surface area contributed by atoms with Gasteiger partial charge in [0.1, 0.15) is 0 Å². The molecule has 1 aliphatic carbocycles. The van der Waals surface area contributed by atoms with E-state index >= 15 is 0 Å². The lowest BCUT2D eigenvalue weighted by atomic mass is 9.77. The summed E-state index contributed by atoms with van der Waals surface area (Å²) in [6, 6.07) is 4.50. The summed E-state index contributed by atoms with van der Waals surface area (Å²) in [7, 11) is 0. The van der Waals surface area contributed by atoms with Crippen molar-refractivity contribution < 1.29 is 26.3 Å². The molecule has 0 aliphatic heterocycles. The van der Waals surface area contributed by atoms with Gasteiger partial charge >= 0.3 is 12.1 Å². The van der Waals surface area contributed by atoms with Crippen LogP contribution < -0.4 is 0 Å². The molecule has 1 aromatic carbocycles. The van der Waals surface area contributed by atoms with Gasteiger partial charge < -0.3 is 0 Å². The van der Waals surface area contributed by atoms with Crippen LogP contribution in [0, 0.1) is 5.92 Å². The van der Waals surface area contributed by atoms with Crippen molar-refractivity contribution in [1.29, 1.82) is 0 Å². The Hall–Kier alpha value is -1.20. The predicted molar refractivity (Wildman–Crippen MR) is 76.3 cm³/mol. The minimum atomic E-state index is -5.58. The van der Waals surface area contributed by atoms with Gasteiger partial charge in [0.2, 0.25) is 0 Å². The van der Waals surface area contributed by atoms with Crippen LogP contribution in [-0.4, -0.2) is 12.9 Å². The van der Waals surface area contributed by atoms with E-state index in [0.717, 1.165) is 49.8 Å². The summed E-state index contributed by atoms with van der Waals surface area (Å²) in [4.78, 5) is 0. The number of hydrogen-bond acceptors (Lipinski definition) is 0. The van der Waals surface area contributed by atoms with E-state index in [4.69, 9.17) is 0 Å². The lowest BCUT2D eigenvalue weighted by molar-refractivity contribution is -0.289. The van der Waals surface area contributed by atoms with Crippen LogP contribution >= 0.6 is 0 Å². The van der Waals surface area contributed by atoms with Crippen molar-refractivity contribution in [2.24, 2.45) is 5.92 Å². The zero-order chi connectivity index (χ0) is 17.1. The van der Waals surface area contributed by atoms with Gasteiger partial charge in [0, 0.05) is 5.56 Å². The molecule has 6 heteroatoms. The molecular formula is C17H20F6. The number of rotatable bonds is 5. The topological polar surface area (TPSA) is 0 Å². The molecule has 0 atom stereocenters. The van der Waals surface area contributed by atoms with Crippen LogP contribution in [0.2, 0.25) is 0 Å². The molecule has 0 spiro atoms. The van der Waals surface area contributed by atoms with Crippen molar-refractivity contribution in [3.05, 3.63) is 35.4 Å². The standard InChI is InChI=1S/C17H20F6/c18-11-1-2-12-3-5-13(6-4-12)14-7-9-15(10-8-14)16(19,20)17(21,22)23/h7-10,12-13H,1-6,11H2. The zero-order valence-corrected chi connectivity index (χ0v) is 12.7. The van der Waals surface area contributed by atoms with E-state index in [1.165, 1.54) is 12.1 Å². The first kappa shape index (κ1) is 18.1. The second-order valence-corrected chi connectivity index (χ2v) is 6.24. The van der Waals surface area contributed by atoms with Gasteiger partial charge in [-0.15, -0.1) is 0 Å². The maximum atomic E-state index is 13.3. The zero-order valence-electron chi connectivity index (χ0n) is 12.7. The lowest BCUT2D eigenvalue weighted by Gasteiger charge is -2.29. The highest BCUT2D eigenvalue weighted by Crippen LogP contribution is 2.44. The first-order valence-electron chi connectivity index (χ1n) is 7.86. The van der Waals surface area contributed by atoms with E-state index in [1.807, 2.05) is 0 Å². The van der Waals surface area contributed by atoms with Crippen LogP contribution in [0.5, 0.6) is 0 Å². The van der Waals surface area contributed by atoms with Crippen LogP contribution in [0.15, 0.2) is 24.3 Å². The maximum absolute atomic E-state index is 13.3. The Morgan fingerprint density at radius 2 is 1.43 bits per heavy atom. The van der Waals surface area contributed by atoms with Crippen LogP contribution in [-0.2, 0) is 5.92 Å². The average Bonchev–Trinajstić information content (AvgIpc) is 2.52. The van der Waals surface area contributed by atoms with Gasteiger partial charge in [-0.1, -0.05) is 24.3 Å². The lowest BCUT2D eigenvalue weighted by Crippen LogP contribution is -2.33. The van der Waals surface area contributed by atoms with Crippen LogP contribution in [0.25, 0.3) is 0 Å². The van der Waals surface area contributed by atoms with Crippen molar-refractivity contribution in [3.8, 4) is 0 Å². The molecule has 1 aliphatic rings. The Bertz CT molecular complexity index is 483. The molecule has 0 aromatic heterocycles. The van der Waals surface area contributed by atoms with E-state index < -0.39 is 17.7 Å². The van der Waals surface area contributed by atoms with E-state index in [9.17, 15) is 26.3 Å². The molecule has 0 radical (unpaired) electrons. The Morgan fingerprint density at radius 1 is 0.870 bits per heavy atom. The largest absolute Gasteiger partial charge is 0.458 e. The van der Waals surface area contributed by atoms with Crippen molar-refractivity contribution >= 4 is 0 Å². The molecule has 0 unspecified atom stereocenters. The fraction of sp³-hybridized carbons (Fsp3) is 0.647. The van der Waals surface area contributed by atoms with E-state index in [1.54, 1.807) is 0 Å². The molecular weight excluding hydrogens is 318 g/mol. The van der Waals surface area contributed by atoms with Crippen molar-refractivity contribution in [2.45, 2.75) is 56.5 Å². The molecule has 2 rings (SSSR count). The number of alkyl halides is 6. The molecule has 0 N–H and O–H groups in total. The smallest absolute Gasteiger partial charge is 0.251 e. The van der Waals surface area contributed by atoms with Crippen molar-refractivity contribution in [1.82, 2.24) is 0 Å². The molecule has 130 valence electrons. The van der Waals surface area contributed by atoms with E-state index in [-0.39, 0.29) is 12.6 Å².